The van der Waals surface area contributed by atoms with Gasteiger partial charge in [-0.2, -0.15) is 0 Å². The van der Waals surface area contributed by atoms with Crippen molar-refractivity contribution in [3.8, 4) is 0 Å². The van der Waals surface area contributed by atoms with Crippen molar-refractivity contribution in [3.63, 3.8) is 0 Å². The van der Waals surface area contributed by atoms with Crippen LogP contribution in [0, 0.1) is 0 Å². The molecule has 1 heterocycles. The van der Waals surface area contributed by atoms with Crippen molar-refractivity contribution in [1.82, 2.24) is 5.32 Å². The highest BCUT2D eigenvalue weighted by Crippen LogP contribution is 2.21. The predicted molar refractivity (Wildman–Crippen MR) is 54.6 cm³/mol. The van der Waals surface area contributed by atoms with Crippen molar-refractivity contribution in [1.29, 1.82) is 0 Å². The summed E-state index contributed by atoms with van der Waals surface area (Å²) in [5.74, 6) is 0. The van der Waals surface area contributed by atoms with E-state index in [-0.39, 0.29) is 6.04 Å². The van der Waals surface area contributed by atoms with Gasteiger partial charge in [-0.05, 0) is 25.8 Å². The van der Waals surface area contributed by atoms with Gasteiger partial charge in [-0.25, -0.2) is 0 Å². The Morgan fingerprint density at radius 1 is 1.46 bits per heavy atom. The molecule has 0 aromatic carbocycles. The van der Waals surface area contributed by atoms with Crippen LogP contribution in [0.4, 0.5) is 0 Å². The highest BCUT2D eigenvalue weighted by molar-refractivity contribution is 4.92. The van der Waals surface area contributed by atoms with E-state index in [2.05, 4.69) is 5.32 Å². The fraction of sp³-hybridized carbons (Fsp3) is 1.00. The molecule has 0 radical (unpaired) electrons. The zero-order valence-corrected chi connectivity index (χ0v) is 8.55. The molecule has 0 saturated carbocycles. The van der Waals surface area contributed by atoms with Crippen molar-refractivity contribution in [3.05, 3.63) is 0 Å². The molecule has 2 atom stereocenters. The number of hydrogen-bond donors (Lipinski definition) is 3. The lowest BCUT2D eigenvalue weighted by Crippen LogP contribution is -2.54. The van der Waals surface area contributed by atoms with Crippen molar-refractivity contribution in [2.45, 2.75) is 50.7 Å². The van der Waals surface area contributed by atoms with Crippen molar-refractivity contribution in [2.24, 2.45) is 5.73 Å². The molecule has 0 spiro atoms. The third-order valence-corrected chi connectivity index (χ3v) is 3.17. The van der Waals surface area contributed by atoms with E-state index < -0.39 is 5.60 Å². The Hall–Kier alpha value is -0.120. The highest BCUT2D eigenvalue weighted by atomic mass is 16.3. The predicted octanol–water partition coefficient (Wildman–Crippen LogP) is 0.618. The van der Waals surface area contributed by atoms with Gasteiger partial charge < -0.3 is 16.2 Å². The van der Waals surface area contributed by atoms with Gasteiger partial charge in [0, 0.05) is 12.6 Å². The van der Waals surface area contributed by atoms with Gasteiger partial charge in [0.25, 0.3) is 0 Å². The topological polar surface area (TPSA) is 58.3 Å². The minimum absolute atomic E-state index is 0.199. The van der Waals surface area contributed by atoms with E-state index in [4.69, 9.17) is 5.73 Å². The van der Waals surface area contributed by atoms with Crippen LogP contribution in [0.15, 0.2) is 0 Å². The largest absolute Gasteiger partial charge is 0.387 e. The molecular weight excluding hydrogens is 164 g/mol. The van der Waals surface area contributed by atoms with E-state index in [0.717, 1.165) is 19.4 Å². The molecule has 0 bridgehead atoms. The Morgan fingerprint density at radius 3 is 2.85 bits per heavy atom. The summed E-state index contributed by atoms with van der Waals surface area (Å²) in [6, 6.07) is 0.199. The van der Waals surface area contributed by atoms with Crippen LogP contribution in [-0.4, -0.2) is 29.8 Å². The van der Waals surface area contributed by atoms with Gasteiger partial charge in [0.1, 0.15) is 0 Å². The molecule has 0 aliphatic carbocycles. The summed E-state index contributed by atoms with van der Waals surface area (Å²) < 4.78 is 0. The third-order valence-electron chi connectivity index (χ3n) is 3.17. The van der Waals surface area contributed by atoms with E-state index in [9.17, 15) is 5.11 Å². The van der Waals surface area contributed by atoms with Crippen LogP contribution in [0.25, 0.3) is 0 Å². The van der Waals surface area contributed by atoms with E-state index in [1.807, 2.05) is 6.92 Å². The minimum Gasteiger partial charge on any atom is -0.387 e. The average molecular weight is 186 g/mol. The van der Waals surface area contributed by atoms with Crippen LogP contribution in [-0.2, 0) is 0 Å². The first-order valence-corrected chi connectivity index (χ1v) is 5.39. The monoisotopic (exact) mass is 186 g/mol. The van der Waals surface area contributed by atoms with Gasteiger partial charge in [-0.1, -0.05) is 19.8 Å². The Bertz CT molecular complexity index is 138. The van der Waals surface area contributed by atoms with Gasteiger partial charge in [-0.15, -0.1) is 0 Å². The lowest BCUT2D eigenvalue weighted by molar-refractivity contribution is 0.00477. The molecule has 1 fully saturated rings. The molecule has 0 aromatic rings. The summed E-state index contributed by atoms with van der Waals surface area (Å²) in [5, 5.41) is 13.6. The standard InChI is InChI=1S/C10H22N2O/c1-2-10(13,8-11)9-6-4-3-5-7-12-9/h9,12-13H,2-8,11H2,1H3. The Balaban J connectivity index is 2.55. The fourth-order valence-electron chi connectivity index (χ4n) is 2.02. The highest BCUT2D eigenvalue weighted by Gasteiger charge is 2.33. The third kappa shape index (κ3) is 2.66. The summed E-state index contributed by atoms with van der Waals surface area (Å²) >= 11 is 0. The second-order valence-corrected chi connectivity index (χ2v) is 4.02. The first-order chi connectivity index (χ1) is 6.23. The van der Waals surface area contributed by atoms with Crippen LogP contribution >= 0.6 is 0 Å². The van der Waals surface area contributed by atoms with Crippen molar-refractivity contribution >= 4 is 0 Å². The lowest BCUT2D eigenvalue weighted by Gasteiger charge is -2.34. The molecule has 1 rings (SSSR count). The van der Waals surface area contributed by atoms with Gasteiger partial charge in [-0.3, -0.25) is 0 Å². The van der Waals surface area contributed by atoms with Gasteiger partial charge >= 0.3 is 0 Å². The molecule has 13 heavy (non-hydrogen) atoms. The Labute approximate surface area is 80.7 Å². The molecule has 1 aliphatic rings. The molecule has 3 heteroatoms. The molecule has 78 valence electrons. The Morgan fingerprint density at radius 2 is 2.23 bits per heavy atom. The van der Waals surface area contributed by atoms with Gasteiger partial charge in [0.05, 0.1) is 5.60 Å². The van der Waals surface area contributed by atoms with Crippen LogP contribution in [0.3, 0.4) is 0 Å². The summed E-state index contributed by atoms with van der Waals surface area (Å²) in [7, 11) is 0. The minimum atomic E-state index is -0.690. The molecule has 0 aromatic heterocycles. The normalized spacial score (nSPS) is 29.3. The van der Waals surface area contributed by atoms with Crippen molar-refractivity contribution in [2.75, 3.05) is 13.1 Å². The molecular formula is C10H22N2O. The summed E-state index contributed by atoms with van der Waals surface area (Å²) in [4.78, 5) is 0. The summed E-state index contributed by atoms with van der Waals surface area (Å²) in [5.41, 5.74) is 4.92. The fourth-order valence-corrected chi connectivity index (χ4v) is 2.02. The second kappa shape index (κ2) is 4.94. The van der Waals surface area contributed by atoms with E-state index in [1.165, 1.54) is 19.3 Å². The summed E-state index contributed by atoms with van der Waals surface area (Å²) in [6.07, 6.45) is 5.50. The number of nitrogens with one attached hydrogen (secondary N) is 1. The van der Waals surface area contributed by atoms with Crippen LogP contribution < -0.4 is 11.1 Å². The maximum absolute atomic E-state index is 10.2. The molecule has 1 saturated heterocycles. The van der Waals surface area contributed by atoms with Crippen molar-refractivity contribution < 1.29 is 5.11 Å². The molecule has 4 N–H and O–H groups in total. The van der Waals surface area contributed by atoms with E-state index >= 15 is 0 Å². The summed E-state index contributed by atoms with van der Waals surface area (Å²) in [6.45, 7) is 3.38. The van der Waals surface area contributed by atoms with Crippen LogP contribution in [0.5, 0.6) is 0 Å². The van der Waals surface area contributed by atoms with Crippen LogP contribution in [0.2, 0.25) is 0 Å². The molecule has 3 nitrogen and oxygen atoms in total. The molecule has 1 aliphatic heterocycles. The van der Waals surface area contributed by atoms with E-state index in [1.54, 1.807) is 0 Å². The smallest absolute Gasteiger partial charge is 0.0918 e. The zero-order valence-electron chi connectivity index (χ0n) is 8.55. The number of rotatable bonds is 3. The maximum atomic E-state index is 10.2. The number of nitrogens with two attached hydrogens (primary N) is 1. The molecule has 0 amide bonds. The maximum Gasteiger partial charge on any atom is 0.0918 e. The molecule has 2 unspecified atom stereocenters. The number of hydrogen-bond acceptors (Lipinski definition) is 3. The SMILES string of the molecule is CCC(O)(CN)C1CCCCCN1. The second-order valence-electron chi connectivity index (χ2n) is 4.02. The Kier molecular flexibility index (Phi) is 4.16. The van der Waals surface area contributed by atoms with E-state index in [0.29, 0.717) is 6.54 Å². The van der Waals surface area contributed by atoms with Gasteiger partial charge in [0.15, 0.2) is 0 Å². The first kappa shape index (κ1) is 11.0. The number of aliphatic hydroxyl groups is 1. The average Bonchev–Trinajstić information content (AvgIpc) is 2.45. The zero-order chi connectivity index (χ0) is 9.73. The quantitative estimate of drug-likeness (QED) is 0.605. The first-order valence-electron chi connectivity index (χ1n) is 5.39. The lowest BCUT2D eigenvalue weighted by atomic mass is 9.88. The van der Waals surface area contributed by atoms with Gasteiger partial charge in [0.2, 0.25) is 0 Å². The van der Waals surface area contributed by atoms with Crippen LogP contribution in [0.1, 0.15) is 39.0 Å².